The lowest BCUT2D eigenvalue weighted by Gasteiger charge is -2.37. The zero-order chi connectivity index (χ0) is 13.3. The SMILES string of the molecule is O=C=NC1(c2ccc(Cl)c(OCC3CC3)c2)CCC1. The molecule has 0 unspecified atom stereocenters. The van der Waals surface area contributed by atoms with Gasteiger partial charge in [0.2, 0.25) is 6.08 Å². The molecule has 0 spiro atoms. The molecule has 2 fully saturated rings. The molecule has 0 N–H and O–H groups in total. The van der Waals surface area contributed by atoms with Crippen molar-refractivity contribution in [1.82, 2.24) is 0 Å². The Morgan fingerprint density at radius 3 is 2.79 bits per heavy atom. The lowest BCUT2D eigenvalue weighted by atomic mass is 9.72. The molecule has 0 bridgehead atoms. The van der Waals surface area contributed by atoms with E-state index in [0.29, 0.717) is 16.7 Å². The van der Waals surface area contributed by atoms with Crippen LogP contribution in [0, 0.1) is 5.92 Å². The quantitative estimate of drug-likeness (QED) is 0.606. The van der Waals surface area contributed by atoms with E-state index >= 15 is 0 Å². The molecule has 4 heteroatoms. The van der Waals surface area contributed by atoms with E-state index in [2.05, 4.69) is 4.99 Å². The molecule has 1 aromatic carbocycles. The summed E-state index contributed by atoms with van der Waals surface area (Å²) in [4.78, 5) is 14.6. The number of halogens is 1. The summed E-state index contributed by atoms with van der Waals surface area (Å²) < 4.78 is 5.77. The molecule has 0 atom stereocenters. The van der Waals surface area contributed by atoms with E-state index in [9.17, 15) is 4.79 Å². The zero-order valence-electron chi connectivity index (χ0n) is 10.7. The molecule has 19 heavy (non-hydrogen) atoms. The number of rotatable bonds is 5. The number of aliphatic imine (C=N–C) groups is 1. The molecule has 0 aliphatic heterocycles. The molecular weight excluding hydrogens is 262 g/mol. The number of nitrogens with zero attached hydrogens (tertiary/aromatic N) is 1. The fourth-order valence-electron chi connectivity index (χ4n) is 2.46. The van der Waals surface area contributed by atoms with Gasteiger partial charge in [-0.2, -0.15) is 4.99 Å². The molecular formula is C15H16ClNO2. The number of hydrogen-bond donors (Lipinski definition) is 0. The van der Waals surface area contributed by atoms with Gasteiger partial charge >= 0.3 is 0 Å². The van der Waals surface area contributed by atoms with E-state index in [4.69, 9.17) is 16.3 Å². The lowest BCUT2D eigenvalue weighted by Crippen LogP contribution is -2.31. The molecule has 2 aliphatic carbocycles. The van der Waals surface area contributed by atoms with Crippen LogP contribution in [0.3, 0.4) is 0 Å². The van der Waals surface area contributed by atoms with Crippen molar-refractivity contribution in [2.24, 2.45) is 10.9 Å². The van der Waals surface area contributed by atoms with Gasteiger partial charge in [0.15, 0.2) is 0 Å². The summed E-state index contributed by atoms with van der Waals surface area (Å²) in [7, 11) is 0. The number of carbonyl (C=O) groups excluding carboxylic acids is 1. The number of ether oxygens (including phenoxy) is 1. The Kier molecular flexibility index (Phi) is 3.34. The van der Waals surface area contributed by atoms with Gasteiger partial charge in [0.25, 0.3) is 0 Å². The third-order valence-corrected chi connectivity index (χ3v) is 4.39. The van der Waals surface area contributed by atoms with Crippen molar-refractivity contribution < 1.29 is 9.53 Å². The van der Waals surface area contributed by atoms with Gasteiger partial charge in [0.1, 0.15) is 5.75 Å². The van der Waals surface area contributed by atoms with Crippen LogP contribution in [0.15, 0.2) is 23.2 Å². The van der Waals surface area contributed by atoms with Crippen molar-refractivity contribution in [1.29, 1.82) is 0 Å². The first-order valence-electron chi connectivity index (χ1n) is 6.75. The van der Waals surface area contributed by atoms with Crippen LogP contribution < -0.4 is 4.74 Å². The molecule has 2 saturated carbocycles. The highest BCUT2D eigenvalue weighted by Crippen LogP contribution is 2.46. The van der Waals surface area contributed by atoms with Crippen molar-refractivity contribution in [2.75, 3.05) is 6.61 Å². The summed E-state index contributed by atoms with van der Waals surface area (Å²) >= 11 is 6.16. The maximum atomic E-state index is 10.6. The first-order chi connectivity index (χ1) is 9.23. The summed E-state index contributed by atoms with van der Waals surface area (Å²) in [6.07, 6.45) is 7.08. The summed E-state index contributed by atoms with van der Waals surface area (Å²) in [5.74, 6) is 1.39. The Morgan fingerprint density at radius 2 is 2.21 bits per heavy atom. The van der Waals surface area contributed by atoms with Crippen LogP contribution in [0.1, 0.15) is 37.7 Å². The Morgan fingerprint density at radius 1 is 1.42 bits per heavy atom. The molecule has 1 aromatic rings. The highest BCUT2D eigenvalue weighted by Gasteiger charge is 2.39. The van der Waals surface area contributed by atoms with E-state index in [-0.39, 0.29) is 5.54 Å². The Hall–Kier alpha value is -1.31. The topological polar surface area (TPSA) is 38.7 Å². The molecule has 2 aliphatic rings. The minimum absolute atomic E-state index is 0.385. The molecule has 3 rings (SSSR count). The van der Waals surface area contributed by atoms with E-state index in [1.54, 1.807) is 6.08 Å². The van der Waals surface area contributed by atoms with Gasteiger partial charge in [-0.25, -0.2) is 4.79 Å². The minimum atomic E-state index is -0.385. The van der Waals surface area contributed by atoms with Crippen molar-refractivity contribution in [2.45, 2.75) is 37.6 Å². The molecule has 0 aromatic heterocycles. The summed E-state index contributed by atoms with van der Waals surface area (Å²) in [6, 6.07) is 5.70. The Balaban J connectivity index is 1.84. The monoisotopic (exact) mass is 277 g/mol. The standard InChI is InChI=1S/C15H16ClNO2/c16-13-5-4-12(15(17-10-18)6-1-7-15)8-14(13)19-9-11-2-3-11/h4-5,8,11H,1-3,6-7,9H2. The second kappa shape index (κ2) is 4.99. The van der Waals surface area contributed by atoms with E-state index in [1.165, 1.54) is 12.8 Å². The first kappa shape index (κ1) is 12.7. The molecule has 100 valence electrons. The van der Waals surface area contributed by atoms with Crippen LogP contribution >= 0.6 is 11.6 Å². The van der Waals surface area contributed by atoms with Gasteiger partial charge in [-0.15, -0.1) is 0 Å². The molecule has 0 saturated heterocycles. The van der Waals surface area contributed by atoms with Gasteiger partial charge in [-0.05, 0) is 55.7 Å². The Bertz CT molecular complexity index is 529. The highest BCUT2D eigenvalue weighted by atomic mass is 35.5. The van der Waals surface area contributed by atoms with Crippen molar-refractivity contribution in [3.8, 4) is 5.75 Å². The average Bonchev–Trinajstić information content (AvgIpc) is 3.17. The maximum Gasteiger partial charge on any atom is 0.235 e. The van der Waals surface area contributed by atoms with Gasteiger partial charge in [-0.1, -0.05) is 17.7 Å². The van der Waals surface area contributed by atoms with Crippen molar-refractivity contribution in [3.05, 3.63) is 28.8 Å². The van der Waals surface area contributed by atoms with Crippen molar-refractivity contribution in [3.63, 3.8) is 0 Å². The van der Waals surface area contributed by atoms with Gasteiger partial charge < -0.3 is 4.74 Å². The third-order valence-electron chi connectivity index (χ3n) is 4.08. The second-order valence-corrected chi connectivity index (χ2v) is 5.90. The molecule has 3 nitrogen and oxygen atoms in total. The van der Waals surface area contributed by atoms with Crippen LogP contribution in [0.25, 0.3) is 0 Å². The number of hydrogen-bond acceptors (Lipinski definition) is 3. The number of benzene rings is 1. The second-order valence-electron chi connectivity index (χ2n) is 5.49. The smallest absolute Gasteiger partial charge is 0.235 e. The van der Waals surface area contributed by atoms with Crippen LogP contribution in [-0.4, -0.2) is 12.7 Å². The molecule has 0 amide bonds. The van der Waals surface area contributed by atoms with Gasteiger partial charge in [0, 0.05) is 0 Å². The largest absolute Gasteiger partial charge is 0.492 e. The molecule has 0 heterocycles. The first-order valence-corrected chi connectivity index (χ1v) is 7.13. The van der Waals surface area contributed by atoms with Crippen LogP contribution in [0.2, 0.25) is 5.02 Å². The fourth-order valence-corrected chi connectivity index (χ4v) is 2.63. The van der Waals surface area contributed by atoms with Crippen molar-refractivity contribution >= 4 is 17.7 Å². The summed E-state index contributed by atoms with van der Waals surface area (Å²) in [5.41, 5.74) is 0.626. The van der Waals surface area contributed by atoms with E-state index < -0.39 is 0 Å². The molecule has 0 radical (unpaired) electrons. The summed E-state index contributed by atoms with van der Waals surface area (Å²) in [6.45, 7) is 0.729. The van der Waals surface area contributed by atoms with E-state index in [1.807, 2.05) is 18.2 Å². The highest BCUT2D eigenvalue weighted by molar-refractivity contribution is 6.32. The number of isocyanates is 1. The zero-order valence-corrected chi connectivity index (χ0v) is 11.4. The van der Waals surface area contributed by atoms with E-state index in [0.717, 1.165) is 31.4 Å². The summed E-state index contributed by atoms with van der Waals surface area (Å²) in [5, 5.41) is 0.619. The fraction of sp³-hybridized carbons (Fsp3) is 0.533. The minimum Gasteiger partial charge on any atom is -0.492 e. The predicted octanol–water partition coefficient (Wildman–Crippen LogP) is 3.84. The lowest BCUT2D eigenvalue weighted by molar-refractivity contribution is 0.253. The predicted molar refractivity (Wildman–Crippen MR) is 73.3 cm³/mol. The maximum absolute atomic E-state index is 10.6. The van der Waals surface area contributed by atoms with Crippen LogP contribution in [-0.2, 0) is 10.3 Å². The third kappa shape index (κ3) is 2.54. The van der Waals surface area contributed by atoms with Gasteiger partial charge in [-0.3, -0.25) is 0 Å². The van der Waals surface area contributed by atoms with Gasteiger partial charge in [0.05, 0.1) is 17.2 Å². The normalized spacial score (nSPS) is 20.3. The average molecular weight is 278 g/mol. The Labute approximate surface area is 117 Å². The van der Waals surface area contributed by atoms with Crippen LogP contribution in [0.5, 0.6) is 5.75 Å². The van der Waals surface area contributed by atoms with Crippen LogP contribution in [0.4, 0.5) is 0 Å².